The quantitative estimate of drug-likeness (QED) is 0.192. The molecule has 0 amide bonds. The second-order valence-electron chi connectivity index (χ2n) is 11.1. The normalized spacial score (nSPS) is 17.1. The smallest absolute Gasteiger partial charge is 0.355 e. The zero-order chi connectivity index (χ0) is 30.3. The molecule has 0 spiro atoms. The lowest BCUT2D eigenvalue weighted by Crippen LogP contribution is -2.22. The number of ether oxygens (including phenoxy) is 1. The molecule has 0 bridgehead atoms. The Morgan fingerprint density at radius 1 is 1.21 bits per heavy atom. The van der Waals surface area contributed by atoms with E-state index in [9.17, 15) is 18.5 Å². The summed E-state index contributed by atoms with van der Waals surface area (Å²) in [7, 11) is -3.30. The first-order valence-corrected chi connectivity index (χ1v) is 17.0. The Balaban J connectivity index is 1.49. The molecule has 8 nitrogen and oxygen atoms in total. The van der Waals surface area contributed by atoms with Gasteiger partial charge in [0.1, 0.15) is 11.6 Å². The van der Waals surface area contributed by atoms with Crippen molar-refractivity contribution >= 4 is 27.4 Å². The van der Waals surface area contributed by atoms with E-state index in [0.29, 0.717) is 47.5 Å². The van der Waals surface area contributed by atoms with Gasteiger partial charge in [-0.2, -0.15) is 5.10 Å². The lowest BCUT2D eigenvalue weighted by molar-refractivity contribution is 0.0691. The summed E-state index contributed by atoms with van der Waals surface area (Å²) in [6.07, 6.45) is 5.13. The van der Waals surface area contributed by atoms with Gasteiger partial charge in [-0.25, -0.2) is 23.2 Å². The van der Waals surface area contributed by atoms with E-state index in [2.05, 4.69) is 16.8 Å². The second-order valence-corrected chi connectivity index (χ2v) is 14.4. The number of benzene rings is 2. The van der Waals surface area contributed by atoms with Crippen molar-refractivity contribution in [1.82, 2.24) is 14.8 Å². The van der Waals surface area contributed by atoms with Gasteiger partial charge in [-0.15, -0.1) is 11.3 Å². The second kappa shape index (κ2) is 11.7. The average molecular weight is 625 g/mol. The number of rotatable bonds is 8. The summed E-state index contributed by atoms with van der Waals surface area (Å²) in [6, 6.07) is 9.12. The molecule has 4 aromatic rings. The van der Waals surface area contributed by atoms with Gasteiger partial charge < -0.3 is 9.84 Å². The molecule has 43 heavy (non-hydrogen) atoms. The maximum Gasteiger partial charge on any atom is 0.355 e. The van der Waals surface area contributed by atoms with Crippen LogP contribution >= 0.6 is 11.3 Å². The Morgan fingerprint density at radius 2 is 2.02 bits per heavy atom. The van der Waals surface area contributed by atoms with E-state index in [0.717, 1.165) is 41.9 Å². The third-order valence-electron chi connectivity index (χ3n) is 7.61. The van der Waals surface area contributed by atoms with Crippen LogP contribution in [0.2, 0.25) is 0 Å². The number of halogens is 2. The summed E-state index contributed by atoms with van der Waals surface area (Å²) in [4.78, 5) is 15.9. The monoisotopic (exact) mass is 624 g/mol. The predicted molar refractivity (Wildman–Crippen MR) is 161 cm³/mol. The molecule has 1 aliphatic carbocycles. The van der Waals surface area contributed by atoms with E-state index in [1.807, 2.05) is 0 Å². The average Bonchev–Trinajstić information content (AvgIpc) is 3.30. The van der Waals surface area contributed by atoms with Crippen LogP contribution < -0.4 is 5.14 Å². The van der Waals surface area contributed by atoms with Gasteiger partial charge in [-0.3, -0.25) is 9.35 Å². The largest absolute Gasteiger partial charge is 0.476 e. The van der Waals surface area contributed by atoms with Crippen LogP contribution in [0.3, 0.4) is 0 Å². The highest BCUT2D eigenvalue weighted by Gasteiger charge is 2.30. The lowest BCUT2D eigenvalue weighted by Gasteiger charge is -2.15. The van der Waals surface area contributed by atoms with Crippen LogP contribution in [0.4, 0.5) is 8.78 Å². The summed E-state index contributed by atoms with van der Waals surface area (Å²) in [5.74, 6) is 4.30. The van der Waals surface area contributed by atoms with Gasteiger partial charge in [0, 0.05) is 41.7 Å². The minimum absolute atomic E-state index is 0.0243. The fourth-order valence-electron chi connectivity index (χ4n) is 5.15. The zero-order valence-corrected chi connectivity index (χ0v) is 25.1. The molecule has 2 aromatic heterocycles. The Morgan fingerprint density at radius 3 is 2.67 bits per heavy atom. The van der Waals surface area contributed by atoms with E-state index >= 15 is 4.39 Å². The van der Waals surface area contributed by atoms with Crippen LogP contribution in [0.5, 0.6) is 0 Å². The Bertz CT molecular complexity index is 1820. The Labute approximate surface area is 252 Å². The molecule has 1 aliphatic heterocycles. The molecule has 3 N–H and O–H groups in total. The summed E-state index contributed by atoms with van der Waals surface area (Å²) in [5, 5.41) is 22.0. The SMILES string of the molecule is C[SH](N)(=O)c1ccc(Cc2c(-c3ccc(F)c(C#CC4CCOC4)c3)nn(-c3nc(C(=O)O)cs3)c2CC2CC2)cc1F. The molecule has 3 heterocycles. The van der Waals surface area contributed by atoms with Crippen LogP contribution in [-0.4, -0.2) is 49.5 Å². The third-order valence-corrected chi connectivity index (χ3v) is 9.75. The number of aromatic nitrogens is 3. The maximum atomic E-state index is 15.0. The van der Waals surface area contributed by atoms with Crippen molar-refractivity contribution < 1.29 is 27.6 Å². The molecule has 1 atom stereocenters. The van der Waals surface area contributed by atoms with E-state index < -0.39 is 27.7 Å². The van der Waals surface area contributed by atoms with Crippen molar-refractivity contribution in [3.05, 3.63) is 81.5 Å². The standard InChI is InChI=1S/C31H30F2N4O4S2/c1-43(34,40)28-9-5-20(13-25(28)33)12-23-27(14-18-2-3-18)37(31-35-26(17-42-31)30(38)39)36-29(23)22-7-8-24(32)21(15-22)6-4-19-10-11-41-16-19/h5,7-9,13,15,17-19,43H,2-3,10-12,14,16H2,1H3,(H2,34,40)(H,38,39). The molecule has 2 fully saturated rings. The molecular formula is C31H30F2N4O4S2. The van der Waals surface area contributed by atoms with Crippen molar-refractivity contribution in [3.63, 3.8) is 0 Å². The number of carboxylic acids is 1. The highest BCUT2D eigenvalue weighted by molar-refractivity contribution is 8.00. The number of thiazole rings is 1. The van der Waals surface area contributed by atoms with E-state index in [-0.39, 0.29) is 28.5 Å². The van der Waals surface area contributed by atoms with Gasteiger partial charge in [0.2, 0.25) is 5.13 Å². The summed E-state index contributed by atoms with van der Waals surface area (Å²) >= 11 is 1.16. The third kappa shape index (κ3) is 6.45. The predicted octanol–water partition coefficient (Wildman–Crippen LogP) is 4.78. The van der Waals surface area contributed by atoms with Gasteiger partial charge in [-0.05, 0) is 77.6 Å². The fraction of sp³-hybridized carbons (Fsp3) is 0.323. The van der Waals surface area contributed by atoms with Crippen molar-refractivity contribution in [2.75, 3.05) is 19.5 Å². The minimum atomic E-state index is -3.30. The number of thiol groups is 1. The molecule has 6 rings (SSSR count). The maximum absolute atomic E-state index is 15.0. The van der Waals surface area contributed by atoms with Crippen molar-refractivity contribution in [3.8, 4) is 28.2 Å². The number of carbonyl (C=O) groups is 1. The number of nitrogens with two attached hydrogens (primary N) is 1. The van der Waals surface area contributed by atoms with Gasteiger partial charge in [0.25, 0.3) is 0 Å². The van der Waals surface area contributed by atoms with Crippen LogP contribution in [0.25, 0.3) is 16.4 Å². The van der Waals surface area contributed by atoms with Crippen molar-refractivity contribution in [2.45, 2.75) is 37.0 Å². The number of hydrogen-bond acceptors (Lipinski definition) is 6. The number of aromatic carboxylic acids is 1. The molecule has 224 valence electrons. The Kier molecular flexibility index (Phi) is 8.00. The molecule has 1 saturated carbocycles. The van der Waals surface area contributed by atoms with E-state index in [1.165, 1.54) is 29.8 Å². The van der Waals surface area contributed by atoms with Gasteiger partial charge in [0.15, 0.2) is 5.69 Å². The first-order chi connectivity index (χ1) is 20.6. The lowest BCUT2D eigenvalue weighted by atomic mass is 9.96. The molecule has 1 saturated heterocycles. The van der Waals surface area contributed by atoms with Crippen molar-refractivity contribution in [2.24, 2.45) is 17.0 Å². The number of carboxylic acid groups (broad SMARTS) is 1. The molecular weight excluding hydrogens is 594 g/mol. The van der Waals surface area contributed by atoms with Crippen molar-refractivity contribution in [1.29, 1.82) is 0 Å². The first-order valence-electron chi connectivity index (χ1n) is 13.9. The molecule has 2 aromatic carbocycles. The topological polar surface area (TPSA) is 120 Å². The molecule has 1 unspecified atom stereocenters. The van der Waals surface area contributed by atoms with E-state index in [1.54, 1.807) is 22.9 Å². The highest BCUT2D eigenvalue weighted by atomic mass is 32.3. The summed E-state index contributed by atoms with van der Waals surface area (Å²) in [6.45, 7) is 1.15. The molecule has 2 aliphatic rings. The van der Waals surface area contributed by atoms with Crippen LogP contribution in [0.1, 0.15) is 52.1 Å². The van der Waals surface area contributed by atoms with E-state index in [4.69, 9.17) is 15.0 Å². The number of nitrogens with zero attached hydrogens (tertiary/aromatic N) is 3. The van der Waals surface area contributed by atoms with Gasteiger partial charge in [0.05, 0.1) is 28.5 Å². The van der Waals surface area contributed by atoms with Crippen LogP contribution in [0, 0.1) is 35.3 Å². The first kappa shape index (κ1) is 29.3. The minimum Gasteiger partial charge on any atom is -0.476 e. The number of hydrogen-bond donors (Lipinski definition) is 3. The zero-order valence-electron chi connectivity index (χ0n) is 23.3. The molecule has 12 heteroatoms. The van der Waals surface area contributed by atoms with Gasteiger partial charge in [-0.1, -0.05) is 17.9 Å². The molecule has 0 radical (unpaired) electrons. The van der Waals surface area contributed by atoms with Crippen LogP contribution in [0.15, 0.2) is 46.7 Å². The van der Waals surface area contributed by atoms with Crippen LogP contribution in [-0.2, 0) is 27.7 Å². The summed E-state index contributed by atoms with van der Waals surface area (Å²) < 4.78 is 49.4. The fourth-order valence-corrected chi connectivity index (χ4v) is 6.78. The highest BCUT2D eigenvalue weighted by Crippen LogP contribution is 2.38. The summed E-state index contributed by atoms with van der Waals surface area (Å²) in [5.41, 5.74) is 3.52. The van der Waals surface area contributed by atoms with Gasteiger partial charge >= 0.3 is 5.97 Å². The Hall–Kier alpha value is -3.76.